The summed E-state index contributed by atoms with van der Waals surface area (Å²) in [6, 6.07) is 26.2. The van der Waals surface area contributed by atoms with E-state index < -0.39 is 5.60 Å². The minimum absolute atomic E-state index is 0.385. The van der Waals surface area contributed by atoms with Gasteiger partial charge in [0.15, 0.2) is 5.60 Å². The summed E-state index contributed by atoms with van der Waals surface area (Å²) >= 11 is 0. The standard InChI is InChI=1S/C25H29NO3/c1-3-27-23-16-10-8-14-21(23)25(29-19-18-26,20-12-6-5-7-13-20)22-15-9-11-17-24(22)28-4-2/h5-17H,3-4,18-19,26H2,1-2H3. The van der Waals surface area contributed by atoms with Gasteiger partial charge < -0.3 is 19.9 Å². The van der Waals surface area contributed by atoms with Crippen LogP contribution in [0.1, 0.15) is 30.5 Å². The van der Waals surface area contributed by atoms with Crippen molar-refractivity contribution in [1.29, 1.82) is 0 Å². The van der Waals surface area contributed by atoms with E-state index in [1.807, 2.05) is 68.4 Å². The lowest BCUT2D eigenvalue weighted by molar-refractivity contribution is 0.0140. The molecule has 0 aromatic heterocycles. The van der Waals surface area contributed by atoms with Crippen molar-refractivity contribution in [3.05, 3.63) is 95.6 Å². The molecule has 0 fully saturated rings. The number of rotatable bonds is 10. The largest absolute Gasteiger partial charge is 0.493 e. The second kappa shape index (κ2) is 10.1. The summed E-state index contributed by atoms with van der Waals surface area (Å²) < 4.78 is 18.7. The molecular weight excluding hydrogens is 362 g/mol. The molecule has 0 radical (unpaired) electrons. The molecule has 3 aromatic carbocycles. The molecule has 4 heteroatoms. The molecule has 4 nitrogen and oxygen atoms in total. The maximum absolute atomic E-state index is 6.63. The summed E-state index contributed by atoms with van der Waals surface area (Å²) in [4.78, 5) is 0. The Morgan fingerprint density at radius 2 is 1.17 bits per heavy atom. The normalized spacial score (nSPS) is 11.3. The van der Waals surface area contributed by atoms with Gasteiger partial charge in [0.05, 0.1) is 19.8 Å². The molecule has 0 spiro atoms. The molecule has 0 aliphatic heterocycles. The molecule has 3 aromatic rings. The van der Waals surface area contributed by atoms with Gasteiger partial charge in [0.25, 0.3) is 0 Å². The van der Waals surface area contributed by atoms with Crippen LogP contribution in [0.4, 0.5) is 0 Å². The Labute approximate surface area is 173 Å². The third kappa shape index (κ3) is 4.29. The molecule has 0 saturated heterocycles. The first kappa shape index (κ1) is 20.9. The highest BCUT2D eigenvalue weighted by atomic mass is 16.5. The van der Waals surface area contributed by atoms with Gasteiger partial charge in [0.2, 0.25) is 0 Å². The molecule has 0 aliphatic carbocycles. The van der Waals surface area contributed by atoms with Crippen molar-refractivity contribution in [3.8, 4) is 11.5 Å². The molecule has 0 amide bonds. The molecule has 0 unspecified atom stereocenters. The predicted octanol–water partition coefficient (Wildman–Crippen LogP) is 4.75. The van der Waals surface area contributed by atoms with E-state index in [0.717, 1.165) is 28.2 Å². The van der Waals surface area contributed by atoms with E-state index in [1.54, 1.807) is 0 Å². The molecule has 0 aliphatic rings. The van der Waals surface area contributed by atoms with Crippen LogP contribution in [0.2, 0.25) is 0 Å². The van der Waals surface area contributed by atoms with Gasteiger partial charge in [-0.2, -0.15) is 0 Å². The van der Waals surface area contributed by atoms with Crippen molar-refractivity contribution in [3.63, 3.8) is 0 Å². The number of hydrogen-bond donors (Lipinski definition) is 1. The summed E-state index contributed by atoms with van der Waals surface area (Å²) in [6.45, 7) is 5.88. The van der Waals surface area contributed by atoms with Crippen LogP contribution in [0.5, 0.6) is 11.5 Å². The highest BCUT2D eigenvalue weighted by Gasteiger charge is 2.42. The quantitative estimate of drug-likeness (QED) is 0.507. The van der Waals surface area contributed by atoms with Gasteiger partial charge in [0, 0.05) is 17.7 Å². The van der Waals surface area contributed by atoms with Crippen molar-refractivity contribution in [1.82, 2.24) is 0 Å². The zero-order chi connectivity index (χ0) is 20.5. The molecule has 3 rings (SSSR count). The Morgan fingerprint density at radius 1 is 0.690 bits per heavy atom. The molecule has 0 bridgehead atoms. The monoisotopic (exact) mass is 391 g/mol. The van der Waals surface area contributed by atoms with Crippen LogP contribution in [-0.4, -0.2) is 26.4 Å². The first-order valence-electron chi connectivity index (χ1n) is 10.1. The minimum Gasteiger partial charge on any atom is -0.493 e. The second-order valence-electron chi connectivity index (χ2n) is 6.54. The van der Waals surface area contributed by atoms with Crippen LogP contribution < -0.4 is 15.2 Å². The summed E-state index contributed by atoms with van der Waals surface area (Å²) in [7, 11) is 0. The number of hydrogen-bond acceptors (Lipinski definition) is 4. The van der Waals surface area contributed by atoms with E-state index in [2.05, 4.69) is 24.3 Å². The van der Waals surface area contributed by atoms with Crippen LogP contribution in [0.3, 0.4) is 0 Å². The Kier molecular flexibility index (Phi) is 7.28. The second-order valence-corrected chi connectivity index (χ2v) is 6.54. The van der Waals surface area contributed by atoms with E-state index >= 15 is 0 Å². The average molecular weight is 392 g/mol. The van der Waals surface area contributed by atoms with E-state index in [-0.39, 0.29) is 0 Å². The lowest BCUT2D eigenvalue weighted by Crippen LogP contribution is -2.35. The summed E-state index contributed by atoms with van der Waals surface area (Å²) in [5, 5.41) is 0. The molecule has 2 N–H and O–H groups in total. The maximum Gasteiger partial charge on any atom is 0.150 e. The van der Waals surface area contributed by atoms with Crippen molar-refractivity contribution < 1.29 is 14.2 Å². The van der Waals surface area contributed by atoms with Gasteiger partial charge >= 0.3 is 0 Å². The summed E-state index contributed by atoms with van der Waals surface area (Å²) in [6.07, 6.45) is 0. The zero-order valence-corrected chi connectivity index (χ0v) is 17.1. The fraction of sp³-hybridized carbons (Fsp3) is 0.280. The van der Waals surface area contributed by atoms with Crippen LogP contribution in [0.25, 0.3) is 0 Å². The van der Waals surface area contributed by atoms with Gasteiger partial charge in [-0.3, -0.25) is 0 Å². The topological polar surface area (TPSA) is 53.7 Å². The van der Waals surface area contributed by atoms with Crippen LogP contribution >= 0.6 is 0 Å². The molecule has 0 heterocycles. The van der Waals surface area contributed by atoms with E-state index in [9.17, 15) is 0 Å². The SMILES string of the molecule is CCOc1ccccc1C(OCCN)(c1ccccc1)c1ccccc1OCC. The fourth-order valence-electron chi connectivity index (χ4n) is 3.66. The van der Waals surface area contributed by atoms with Crippen molar-refractivity contribution in [2.75, 3.05) is 26.4 Å². The molecule has 152 valence electrons. The lowest BCUT2D eigenvalue weighted by Gasteiger charge is -2.37. The van der Waals surface area contributed by atoms with E-state index in [4.69, 9.17) is 19.9 Å². The smallest absolute Gasteiger partial charge is 0.150 e. The summed E-state index contributed by atoms with van der Waals surface area (Å²) in [5.41, 5.74) is 7.80. The minimum atomic E-state index is -0.918. The van der Waals surface area contributed by atoms with Gasteiger partial charge in [-0.15, -0.1) is 0 Å². The van der Waals surface area contributed by atoms with Gasteiger partial charge in [-0.25, -0.2) is 0 Å². The Hall–Kier alpha value is -2.82. The first-order valence-corrected chi connectivity index (χ1v) is 10.1. The zero-order valence-electron chi connectivity index (χ0n) is 17.1. The molecule has 0 atom stereocenters. The molecule has 0 saturated carbocycles. The Balaban J connectivity index is 2.37. The predicted molar refractivity (Wildman–Crippen MR) is 117 cm³/mol. The van der Waals surface area contributed by atoms with Crippen LogP contribution in [-0.2, 0) is 10.3 Å². The van der Waals surface area contributed by atoms with Crippen LogP contribution in [0, 0.1) is 0 Å². The Morgan fingerprint density at radius 3 is 1.66 bits per heavy atom. The number of ether oxygens (including phenoxy) is 3. The maximum atomic E-state index is 6.63. The van der Waals surface area contributed by atoms with Gasteiger partial charge in [0.1, 0.15) is 11.5 Å². The van der Waals surface area contributed by atoms with Gasteiger partial charge in [-0.1, -0.05) is 66.7 Å². The van der Waals surface area contributed by atoms with E-state index in [0.29, 0.717) is 26.4 Å². The first-order chi connectivity index (χ1) is 14.3. The Bertz CT molecular complexity index is 846. The highest BCUT2D eigenvalue weighted by molar-refractivity contribution is 5.56. The van der Waals surface area contributed by atoms with Crippen molar-refractivity contribution in [2.24, 2.45) is 5.73 Å². The van der Waals surface area contributed by atoms with Crippen molar-refractivity contribution in [2.45, 2.75) is 19.4 Å². The molecular formula is C25H29NO3. The van der Waals surface area contributed by atoms with Crippen LogP contribution in [0.15, 0.2) is 78.9 Å². The number of nitrogens with two attached hydrogens (primary N) is 1. The summed E-state index contributed by atoms with van der Waals surface area (Å²) in [5.74, 6) is 1.56. The average Bonchev–Trinajstić information content (AvgIpc) is 2.77. The van der Waals surface area contributed by atoms with Crippen molar-refractivity contribution >= 4 is 0 Å². The lowest BCUT2D eigenvalue weighted by atomic mass is 9.79. The highest BCUT2D eigenvalue weighted by Crippen LogP contribution is 2.47. The molecule has 29 heavy (non-hydrogen) atoms. The number of para-hydroxylation sites is 2. The van der Waals surface area contributed by atoms with E-state index in [1.165, 1.54) is 0 Å². The third-order valence-electron chi connectivity index (χ3n) is 4.75. The number of benzene rings is 3. The fourth-order valence-corrected chi connectivity index (χ4v) is 3.66. The third-order valence-corrected chi connectivity index (χ3v) is 4.75. The van der Waals surface area contributed by atoms with Gasteiger partial charge in [-0.05, 0) is 31.5 Å².